The number of nitrogens with zero attached hydrogens (tertiary/aromatic N) is 1. The summed E-state index contributed by atoms with van der Waals surface area (Å²) in [6.45, 7) is 5.73. The van der Waals surface area contributed by atoms with Crippen LogP contribution >= 0.6 is 11.8 Å². The molecule has 1 aliphatic heterocycles. The number of rotatable bonds is 6. The Hall–Kier alpha value is -0.510. The molecule has 1 aromatic carbocycles. The van der Waals surface area contributed by atoms with Crippen LogP contribution in [0, 0.1) is 5.92 Å². The van der Waals surface area contributed by atoms with E-state index in [9.17, 15) is 0 Å². The summed E-state index contributed by atoms with van der Waals surface area (Å²) >= 11 is 1.81. The van der Waals surface area contributed by atoms with Crippen molar-refractivity contribution in [1.82, 2.24) is 10.2 Å². The number of hydrogen-bond acceptors (Lipinski definition) is 3. The second-order valence-electron chi connectivity index (χ2n) is 5.45. The molecule has 0 amide bonds. The van der Waals surface area contributed by atoms with Crippen LogP contribution in [0.15, 0.2) is 29.2 Å². The highest BCUT2D eigenvalue weighted by atomic mass is 32.2. The molecule has 1 N–H and O–H groups in total. The highest BCUT2D eigenvalue weighted by Crippen LogP contribution is 2.36. The van der Waals surface area contributed by atoms with Crippen molar-refractivity contribution in [1.29, 1.82) is 0 Å². The lowest BCUT2D eigenvalue weighted by Crippen LogP contribution is -2.28. The Morgan fingerprint density at radius 2 is 2.05 bits per heavy atom. The molecule has 1 fully saturated rings. The van der Waals surface area contributed by atoms with Gasteiger partial charge in [0.25, 0.3) is 0 Å². The SMILES string of the molecule is CCCNCC1CCN(C)C1c1ccc(SC)cc1. The number of likely N-dealkylation sites (tertiary alicyclic amines) is 1. The quantitative estimate of drug-likeness (QED) is 0.634. The van der Waals surface area contributed by atoms with Gasteiger partial charge in [-0.15, -0.1) is 11.8 Å². The van der Waals surface area contributed by atoms with Crippen molar-refractivity contribution in [2.45, 2.75) is 30.7 Å². The summed E-state index contributed by atoms with van der Waals surface area (Å²) in [6.07, 6.45) is 4.66. The molecular weight excluding hydrogens is 252 g/mol. The summed E-state index contributed by atoms with van der Waals surface area (Å²) in [5.41, 5.74) is 1.47. The predicted octanol–water partition coefficient (Wildman–Crippen LogP) is 3.40. The molecular formula is C16H26N2S. The zero-order chi connectivity index (χ0) is 13.7. The van der Waals surface area contributed by atoms with E-state index in [1.165, 1.54) is 29.8 Å². The van der Waals surface area contributed by atoms with E-state index < -0.39 is 0 Å². The first-order valence-corrected chi connectivity index (χ1v) is 8.53. The van der Waals surface area contributed by atoms with Crippen LogP contribution in [0.25, 0.3) is 0 Å². The molecule has 0 radical (unpaired) electrons. The van der Waals surface area contributed by atoms with E-state index in [4.69, 9.17) is 0 Å². The van der Waals surface area contributed by atoms with Crippen molar-refractivity contribution in [3.63, 3.8) is 0 Å². The van der Waals surface area contributed by atoms with E-state index in [-0.39, 0.29) is 0 Å². The minimum Gasteiger partial charge on any atom is -0.316 e. The van der Waals surface area contributed by atoms with Crippen LogP contribution in [0.4, 0.5) is 0 Å². The van der Waals surface area contributed by atoms with Gasteiger partial charge in [0.05, 0.1) is 0 Å². The zero-order valence-corrected chi connectivity index (χ0v) is 13.2. The van der Waals surface area contributed by atoms with Gasteiger partial charge in [0.2, 0.25) is 0 Å². The Bertz CT molecular complexity index is 377. The van der Waals surface area contributed by atoms with E-state index in [1.54, 1.807) is 0 Å². The summed E-state index contributed by atoms with van der Waals surface area (Å²) in [7, 11) is 2.26. The molecule has 1 aromatic rings. The fraction of sp³-hybridized carbons (Fsp3) is 0.625. The summed E-state index contributed by atoms with van der Waals surface area (Å²) in [5, 5.41) is 3.59. The van der Waals surface area contributed by atoms with Gasteiger partial charge in [-0.1, -0.05) is 19.1 Å². The fourth-order valence-corrected chi connectivity index (χ4v) is 3.44. The molecule has 1 heterocycles. The molecule has 2 rings (SSSR count). The normalized spacial score (nSPS) is 23.9. The molecule has 0 saturated carbocycles. The molecule has 2 nitrogen and oxygen atoms in total. The van der Waals surface area contributed by atoms with Crippen LogP contribution in [0.5, 0.6) is 0 Å². The number of benzene rings is 1. The average molecular weight is 278 g/mol. The van der Waals surface area contributed by atoms with Crippen LogP contribution in [-0.2, 0) is 0 Å². The Kier molecular flexibility index (Phi) is 5.74. The van der Waals surface area contributed by atoms with Crippen molar-refractivity contribution < 1.29 is 0 Å². The van der Waals surface area contributed by atoms with Gasteiger partial charge in [-0.05, 0) is 69.4 Å². The monoisotopic (exact) mass is 278 g/mol. The second-order valence-corrected chi connectivity index (χ2v) is 6.33. The van der Waals surface area contributed by atoms with Crippen LogP contribution < -0.4 is 5.32 Å². The van der Waals surface area contributed by atoms with E-state index in [0.29, 0.717) is 6.04 Å². The first-order chi connectivity index (χ1) is 9.26. The summed E-state index contributed by atoms with van der Waals surface area (Å²) in [6, 6.07) is 9.71. The van der Waals surface area contributed by atoms with Crippen molar-refractivity contribution in [3.05, 3.63) is 29.8 Å². The minimum atomic E-state index is 0.584. The lowest BCUT2D eigenvalue weighted by molar-refractivity contribution is 0.272. The van der Waals surface area contributed by atoms with Crippen LogP contribution in [0.3, 0.4) is 0 Å². The van der Waals surface area contributed by atoms with Gasteiger partial charge in [-0.25, -0.2) is 0 Å². The van der Waals surface area contributed by atoms with E-state index in [1.807, 2.05) is 11.8 Å². The highest BCUT2D eigenvalue weighted by molar-refractivity contribution is 7.98. The van der Waals surface area contributed by atoms with E-state index in [2.05, 4.69) is 54.7 Å². The first kappa shape index (κ1) is 14.9. The van der Waals surface area contributed by atoms with Crippen LogP contribution in [0.1, 0.15) is 31.4 Å². The van der Waals surface area contributed by atoms with Gasteiger partial charge in [0.1, 0.15) is 0 Å². The third-order valence-corrected chi connectivity index (χ3v) is 4.81. The van der Waals surface area contributed by atoms with Crippen molar-refractivity contribution in [2.75, 3.05) is 32.9 Å². The maximum atomic E-state index is 3.59. The molecule has 0 aromatic heterocycles. The maximum Gasteiger partial charge on any atom is 0.0385 e. The summed E-state index contributed by atoms with van der Waals surface area (Å²) < 4.78 is 0. The van der Waals surface area contributed by atoms with Gasteiger partial charge < -0.3 is 5.32 Å². The number of nitrogens with one attached hydrogen (secondary N) is 1. The van der Waals surface area contributed by atoms with Gasteiger partial charge in [-0.2, -0.15) is 0 Å². The topological polar surface area (TPSA) is 15.3 Å². The van der Waals surface area contributed by atoms with Crippen LogP contribution in [0.2, 0.25) is 0 Å². The Morgan fingerprint density at radius 3 is 2.68 bits per heavy atom. The molecule has 0 aliphatic carbocycles. The molecule has 2 unspecified atom stereocenters. The standard InChI is InChI=1S/C16H26N2S/c1-4-10-17-12-14-9-11-18(2)16(14)13-5-7-15(19-3)8-6-13/h5-8,14,16-17H,4,9-12H2,1-3H3. The third-order valence-electron chi connectivity index (χ3n) is 4.06. The van der Waals surface area contributed by atoms with E-state index in [0.717, 1.165) is 19.0 Å². The molecule has 19 heavy (non-hydrogen) atoms. The largest absolute Gasteiger partial charge is 0.316 e. The average Bonchev–Trinajstić information content (AvgIpc) is 2.80. The molecule has 0 bridgehead atoms. The molecule has 3 heteroatoms. The van der Waals surface area contributed by atoms with Gasteiger partial charge in [0, 0.05) is 10.9 Å². The van der Waals surface area contributed by atoms with Gasteiger partial charge >= 0.3 is 0 Å². The van der Waals surface area contributed by atoms with Crippen molar-refractivity contribution >= 4 is 11.8 Å². The van der Waals surface area contributed by atoms with Crippen LogP contribution in [-0.4, -0.2) is 37.8 Å². The molecule has 2 atom stereocenters. The smallest absolute Gasteiger partial charge is 0.0385 e. The highest BCUT2D eigenvalue weighted by Gasteiger charge is 2.32. The maximum absolute atomic E-state index is 3.59. The molecule has 1 aliphatic rings. The Labute approximate surface area is 122 Å². The minimum absolute atomic E-state index is 0.584. The van der Waals surface area contributed by atoms with Crippen molar-refractivity contribution in [2.24, 2.45) is 5.92 Å². The van der Waals surface area contributed by atoms with E-state index >= 15 is 0 Å². The molecule has 1 saturated heterocycles. The predicted molar refractivity (Wildman–Crippen MR) is 84.9 cm³/mol. The van der Waals surface area contributed by atoms with Gasteiger partial charge in [0.15, 0.2) is 0 Å². The Balaban J connectivity index is 2.05. The summed E-state index contributed by atoms with van der Waals surface area (Å²) in [4.78, 5) is 3.86. The lowest BCUT2D eigenvalue weighted by atomic mass is 9.93. The zero-order valence-electron chi connectivity index (χ0n) is 12.4. The first-order valence-electron chi connectivity index (χ1n) is 7.31. The fourth-order valence-electron chi connectivity index (χ4n) is 3.03. The number of thioether (sulfide) groups is 1. The number of hydrogen-bond donors (Lipinski definition) is 1. The van der Waals surface area contributed by atoms with Gasteiger partial charge in [-0.3, -0.25) is 4.90 Å². The third kappa shape index (κ3) is 3.74. The summed E-state index contributed by atoms with van der Waals surface area (Å²) in [5.74, 6) is 0.747. The Morgan fingerprint density at radius 1 is 1.32 bits per heavy atom. The molecule has 106 valence electrons. The lowest BCUT2D eigenvalue weighted by Gasteiger charge is -2.26. The van der Waals surface area contributed by atoms with Crippen molar-refractivity contribution in [3.8, 4) is 0 Å². The second kappa shape index (κ2) is 7.32. The molecule has 0 spiro atoms.